The molecule has 1 atom stereocenters. The van der Waals surface area contributed by atoms with Crippen LogP contribution in [-0.2, 0) is 5.41 Å². The lowest BCUT2D eigenvalue weighted by atomic mass is 9.79. The van der Waals surface area contributed by atoms with Crippen LogP contribution in [0.5, 0.6) is 0 Å². The minimum Gasteiger partial charge on any atom is -0.338 e. The molecule has 1 N–H and O–H groups in total. The number of hydrogen-bond acceptors (Lipinski definition) is 3. The number of aromatic amines is 1. The Bertz CT molecular complexity index is 581. The predicted molar refractivity (Wildman–Crippen MR) is 75.3 cm³/mol. The molecular formula is C15H18N4O. The number of carbonyl (C=O) groups excluding carboxylic acids is 1. The van der Waals surface area contributed by atoms with Crippen LogP contribution in [0, 0.1) is 0 Å². The molecule has 104 valence electrons. The van der Waals surface area contributed by atoms with E-state index in [9.17, 15) is 4.79 Å². The topological polar surface area (TPSA) is 61.9 Å². The fraction of sp³-hybridized carbons (Fsp3) is 0.400. The minimum absolute atomic E-state index is 0.0442. The van der Waals surface area contributed by atoms with Crippen molar-refractivity contribution in [1.29, 1.82) is 0 Å². The molecule has 5 heteroatoms. The van der Waals surface area contributed by atoms with Gasteiger partial charge >= 0.3 is 0 Å². The van der Waals surface area contributed by atoms with E-state index in [-0.39, 0.29) is 11.3 Å². The maximum absolute atomic E-state index is 12.5. The van der Waals surface area contributed by atoms with Gasteiger partial charge in [-0.3, -0.25) is 14.9 Å². The first-order valence-corrected chi connectivity index (χ1v) is 6.88. The zero-order chi connectivity index (χ0) is 14.0. The Kier molecular flexibility index (Phi) is 3.26. The summed E-state index contributed by atoms with van der Waals surface area (Å²) in [5, 5.41) is 7.08. The van der Waals surface area contributed by atoms with Crippen molar-refractivity contribution in [3.05, 3.63) is 48.0 Å². The van der Waals surface area contributed by atoms with E-state index in [2.05, 4.69) is 22.1 Å². The van der Waals surface area contributed by atoms with Gasteiger partial charge in [-0.25, -0.2) is 0 Å². The first-order valence-electron chi connectivity index (χ1n) is 6.88. The van der Waals surface area contributed by atoms with Crippen LogP contribution < -0.4 is 0 Å². The standard InChI is InChI=1S/C15H18N4O/c1-15(13-5-9-17-18-13)6-2-10-19(11-15)14(20)12-3-7-16-8-4-12/h3-5,7-9H,2,6,10-11H2,1H3,(H,17,18). The van der Waals surface area contributed by atoms with Gasteiger partial charge in [-0.1, -0.05) is 6.92 Å². The number of H-pyrrole nitrogens is 1. The number of nitrogens with one attached hydrogen (secondary N) is 1. The second-order valence-electron chi connectivity index (χ2n) is 5.60. The third-order valence-electron chi connectivity index (χ3n) is 4.06. The number of rotatable bonds is 2. The molecule has 0 bridgehead atoms. The van der Waals surface area contributed by atoms with Gasteiger partial charge in [0.25, 0.3) is 5.91 Å². The minimum atomic E-state index is -0.0442. The van der Waals surface area contributed by atoms with Gasteiger partial charge in [-0.2, -0.15) is 5.10 Å². The SMILES string of the molecule is CC1(c2ccn[nH]2)CCCN(C(=O)c2ccncc2)C1. The molecule has 2 aromatic rings. The Morgan fingerprint density at radius 3 is 2.80 bits per heavy atom. The highest BCUT2D eigenvalue weighted by Gasteiger charge is 2.35. The van der Waals surface area contributed by atoms with Gasteiger partial charge in [0.1, 0.15) is 0 Å². The third kappa shape index (κ3) is 2.31. The van der Waals surface area contributed by atoms with Gasteiger partial charge in [0.15, 0.2) is 0 Å². The zero-order valence-electron chi connectivity index (χ0n) is 11.5. The largest absolute Gasteiger partial charge is 0.338 e. The molecular weight excluding hydrogens is 252 g/mol. The van der Waals surface area contributed by atoms with E-state index in [0.717, 1.165) is 31.6 Å². The summed E-state index contributed by atoms with van der Waals surface area (Å²) in [5.41, 5.74) is 1.76. The summed E-state index contributed by atoms with van der Waals surface area (Å²) in [6.45, 7) is 3.72. The highest BCUT2D eigenvalue weighted by Crippen LogP contribution is 2.32. The van der Waals surface area contributed by atoms with Crippen molar-refractivity contribution >= 4 is 5.91 Å². The number of likely N-dealkylation sites (tertiary alicyclic amines) is 1. The number of carbonyl (C=O) groups is 1. The average Bonchev–Trinajstić information content (AvgIpc) is 3.02. The molecule has 3 rings (SSSR count). The molecule has 2 aromatic heterocycles. The Labute approximate surface area is 118 Å². The van der Waals surface area contributed by atoms with E-state index in [1.807, 2.05) is 11.0 Å². The summed E-state index contributed by atoms with van der Waals surface area (Å²) in [4.78, 5) is 18.4. The summed E-state index contributed by atoms with van der Waals surface area (Å²) in [6, 6.07) is 5.54. The summed E-state index contributed by atoms with van der Waals surface area (Å²) in [5.74, 6) is 0.0813. The van der Waals surface area contributed by atoms with E-state index >= 15 is 0 Å². The smallest absolute Gasteiger partial charge is 0.253 e. The third-order valence-corrected chi connectivity index (χ3v) is 4.06. The molecule has 0 aromatic carbocycles. The Hall–Kier alpha value is -2.17. The molecule has 3 heterocycles. The summed E-state index contributed by atoms with van der Waals surface area (Å²) in [7, 11) is 0. The van der Waals surface area contributed by atoms with Crippen molar-refractivity contribution in [3.8, 4) is 0 Å². The monoisotopic (exact) mass is 270 g/mol. The second kappa shape index (κ2) is 5.07. The van der Waals surface area contributed by atoms with E-state index in [1.165, 1.54) is 0 Å². The number of aromatic nitrogens is 3. The van der Waals surface area contributed by atoms with Crippen LogP contribution in [0.25, 0.3) is 0 Å². The molecule has 0 radical (unpaired) electrons. The van der Waals surface area contributed by atoms with Gasteiger partial charge in [-0.15, -0.1) is 0 Å². The number of pyridine rings is 1. The Morgan fingerprint density at radius 1 is 1.30 bits per heavy atom. The van der Waals surface area contributed by atoms with Crippen LogP contribution in [-0.4, -0.2) is 39.1 Å². The molecule has 1 unspecified atom stereocenters. The first-order chi connectivity index (χ1) is 9.69. The van der Waals surface area contributed by atoms with Gasteiger partial charge in [0.05, 0.1) is 0 Å². The Morgan fingerprint density at radius 2 is 2.10 bits per heavy atom. The maximum Gasteiger partial charge on any atom is 0.253 e. The van der Waals surface area contributed by atoms with Crippen molar-refractivity contribution in [2.75, 3.05) is 13.1 Å². The van der Waals surface area contributed by atoms with Crippen molar-refractivity contribution in [1.82, 2.24) is 20.1 Å². The summed E-state index contributed by atoms with van der Waals surface area (Å²) in [6.07, 6.45) is 7.16. The predicted octanol–water partition coefficient (Wildman–Crippen LogP) is 2.00. The van der Waals surface area contributed by atoms with E-state index in [4.69, 9.17) is 0 Å². The molecule has 20 heavy (non-hydrogen) atoms. The van der Waals surface area contributed by atoms with Crippen LogP contribution in [0.1, 0.15) is 35.8 Å². The number of amides is 1. The van der Waals surface area contributed by atoms with Crippen LogP contribution in [0.4, 0.5) is 0 Å². The molecule has 5 nitrogen and oxygen atoms in total. The van der Waals surface area contributed by atoms with Gasteiger partial charge in [0.2, 0.25) is 0 Å². The molecule has 1 aliphatic heterocycles. The number of piperidine rings is 1. The van der Waals surface area contributed by atoms with Crippen LogP contribution in [0.15, 0.2) is 36.8 Å². The van der Waals surface area contributed by atoms with Crippen LogP contribution >= 0.6 is 0 Å². The molecule has 0 saturated carbocycles. The maximum atomic E-state index is 12.5. The van der Waals surface area contributed by atoms with E-state index in [0.29, 0.717) is 5.56 Å². The lowest BCUT2D eigenvalue weighted by molar-refractivity contribution is 0.0647. The number of hydrogen-bond donors (Lipinski definition) is 1. The normalized spacial score (nSPS) is 22.8. The van der Waals surface area contributed by atoms with Crippen molar-refractivity contribution in [2.24, 2.45) is 0 Å². The molecule has 0 aliphatic carbocycles. The average molecular weight is 270 g/mol. The quantitative estimate of drug-likeness (QED) is 0.908. The summed E-state index contributed by atoms with van der Waals surface area (Å²) < 4.78 is 0. The van der Waals surface area contributed by atoms with Crippen molar-refractivity contribution < 1.29 is 4.79 Å². The van der Waals surface area contributed by atoms with Crippen LogP contribution in [0.2, 0.25) is 0 Å². The fourth-order valence-corrected chi connectivity index (χ4v) is 2.90. The highest BCUT2D eigenvalue weighted by atomic mass is 16.2. The highest BCUT2D eigenvalue weighted by molar-refractivity contribution is 5.94. The molecule has 1 fully saturated rings. The zero-order valence-corrected chi connectivity index (χ0v) is 11.5. The van der Waals surface area contributed by atoms with Gasteiger partial charge in [-0.05, 0) is 31.0 Å². The second-order valence-corrected chi connectivity index (χ2v) is 5.60. The van der Waals surface area contributed by atoms with E-state index in [1.54, 1.807) is 30.7 Å². The molecule has 0 spiro atoms. The molecule has 1 saturated heterocycles. The summed E-state index contributed by atoms with van der Waals surface area (Å²) >= 11 is 0. The van der Waals surface area contributed by atoms with Crippen molar-refractivity contribution in [3.63, 3.8) is 0 Å². The van der Waals surface area contributed by atoms with Gasteiger partial charge < -0.3 is 4.90 Å². The van der Waals surface area contributed by atoms with Gasteiger partial charge in [0, 0.05) is 48.4 Å². The lowest BCUT2D eigenvalue weighted by Gasteiger charge is -2.39. The molecule has 1 aliphatic rings. The van der Waals surface area contributed by atoms with Crippen LogP contribution in [0.3, 0.4) is 0 Å². The first kappa shape index (κ1) is 12.8. The Balaban J connectivity index is 1.81. The number of nitrogens with zero attached hydrogens (tertiary/aromatic N) is 3. The lowest BCUT2D eigenvalue weighted by Crippen LogP contribution is -2.47. The van der Waals surface area contributed by atoms with E-state index < -0.39 is 0 Å². The molecule has 1 amide bonds. The fourth-order valence-electron chi connectivity index (χ4n) is 2.90. The van der Waals surface area contributed by atoms with Crippen molar-refractivity contribution in [2.45, 2.75) is 25.2 Å².